The largest absolute Gasteiger partial charge is 0.457 e. The molecule has 5 heteroatoms. The highest BCUT2D eigenvalue weighted by Gasteiger charge is 2.02. The molecule has 164 valence electrons. The Balaban J connectivity index is 1.41. The number of hydrogen-bond donors (Lipinski definition) is 0. The lowest BCUT2D eigenvalue weighted by molar-refractivity contribution is 0.483. The standard InChI is InChI=1S/C28H22F2N2O/c1-19(21-3-7-23(29)8-4-21)31-25-11-15-27(16-12-25)33-28-17-13-26(14-18-28)32-20(2)22-5-9-24(30)10-6-22/h3-18H,1-2H3. The van der Waals surface area contributed by atoms with Gasteiger partial charge in [0.15, 0.2) is 0 Å². The maximum atomic E-state index is 13.1. The van der Waals surface area contributed by atoms with Crippen molar-refractivity contribution in [2.24, 2.45) is 9.98 Å². The summed E-state index contributed by atoms with van der Waals surface area (Å²) in [5, 5.41) is 0. The molecular weight excluding hydrogens is 418 g/mol. The molecule has 0 spiro atoms. The molecule has 0 aliphatic rings. The molecule has 0 aliphatic carbocycles. The van der Waals surface area contributed by atoms with E-state index in [0.717, 1.165) is 33.9 Å². The summed E-state index contributed by atoms with van der Waals surface area (Å²) < 4.78 is 32.1. The number of nitrogens with zero attached hydrogens (tertiary/aromatic N) is 2. The Morgan fingerprint density at radius 1 is 0.515 bits per heavy atom. The van der Waals surface area contributed by atoms with Gasteiger partial charge in [0, 0.05) is 11.4 Å². The van der Waals surface area contributed by atoms with Gasteiger partial charge in [0.25, 0.3) is 0 Å². The Labute approximate surface area is 191 Å². The Morgan fingerprint density at radius 2 is 0.848 bits per heavy atom. The van der Waals surface area contributed by atoms with Crippen molar-refractivity contribution >= 4 is 22.8 Å². The molecule has 0 atom stereocenters. The van der Waals surface area contributed by atoms with Gasteiger partial charge in [0.2, 0.25) is 0 Å². The SMILES string of the molecule is CC(=Nc1ccc(Oc2ccc(N=C(C)c3ccc(F)cc3)cc2)cc1)c1ccc(F)cc1. The van der Waals surface area contributed by atoms with Crippen LogP contribution in [0.3, 0.4) is 0 Å². The minimum absolute atomic E-state index is 0.268. The number of ether oxygens (including phenoxy) is 1. The second-order valence-electron chi connectivity index (χ2n) is 7.50. The fourth-order valence-corrected chi connectivity index (χ4v) is 3.21. The third-order valence-electron chi connectivity index (χ3n) is 5.03. The lowest BCUT2D eigenvalue weighted by Gasteiger charge is -2.07. The van der Waals surface area contributed by atoms with Gasteiger partial charge >= 0.3 is 0 Å². The highest BCUT2D eigenvalue weighted by atomic mass is 19.1. The summed E-state index contributed by atoms with van der Waals surface area (Å²) in [5.41, 5.74) is 4.91. The van der Waals surface area contributed by atoms with Crippen molar-refractivity contribution in [2.45, 2.75) is 13.8 Å². The van der Waals surface area contributed by atoms with E-state index in [2.05, 4.69) is 9.98 Å². The summed E-state index contributed by atoms with van der Waals surface area (Å²) in [7, 11) is 0. The summed E-state index contributed by atoms with van der Waals surface area (Å²) in [4.78, 5) is 9.16. The van der Waals surface area contributed by atoms with Crippen LogP contribution < -0.4 is 4.74 Å². The fourth-order valence-electron chi connectivity index (χ4n) is 3.21. The zero-order valence-electron chi connectivity index (χ0n) is 18.3. The van der Waals surface area contributed by atoms with Gasteiger partial charge in [-0.2, -0.15) is 0 Å². The van der Waals surface area contributed by atoms with Crippen LogP contribution in [0.25, 0.3) is 0 Å². The van der Waals surface area contributed by atoms with Crippen LogP contribution in [0.4, 0.5) is 20.2 Å². The molecule has 0 N–H and O–H groups in total. The number of benzene rings is 4. The molecule has 0 saturated heterocycles. The molecule has 0 fully saturated rings. The van der Waals surface area contributed by atoms with Crippen LogP contribution in [-0.2, 0) is 0 Å². The minimum Gasteiger partial charge on any atom is -0.457 e. The first kappa shape index (κ1) is 22.1. The van der Waals surface area contributed by atoms with E-state index >= 15 is 0 Å². The van der Waals surface area contributed by atoms with Crippen molar-refractivity contribution in [2.75, 3.05) is 0 Å². The zero-order valence-corrected chi connectivity index (χ0v) is 18.3. The quantitative estimate of drug-likeness (QED) is 0.279. The van der Waals surface area contributed by atoms with E-state index in [4.69, 9.17) is 4.74 Å². The summed E-state index contributed by atoms with van der Waals surface area (Å²) in [6.07, 6.45) is 0. The molecule has 0 aromatic heterocycles. The highest BCUT2D eigenvalue weighted by Crippen LogP contribution is 2.26. The Morgan fingerprint density at radius 3 is 1.18 bits per heavy atom. The van der Waals surface area contributed by atoms with Crippen LogP contribution >= 0.6 is 0 Å². The van der Waals surface area contributed by atoms with E-state index in [-0.39, 0.29) is 11.6 Å². The smallest absolute Gasteiger partial charge is 0.127 e. The maximum Gasteiger partial charge on any atom is 0.127 e. The fraction of sp³-hybridized carbons (Fsp3) is 0.0714. The molecule has 33 heavy (non-hydrogen) atoms. The summed E-state index contributed by atoms with van der Waals surface area (Å²) in [6, 6.07) is 27.4. The molecule has 0 radical (unpaired) electrons. The van der Waals surface area contributed by atoms with Crippen molar-refractivity contribution < 1.29 is 13.5 Å². The topological polar surface area (TPSA) is 34.0 Å². The molecule has 0 saturated carbocycles. The second-order valence-corrected chi connectivity index (χ2v) is 7.50. The molecule has 4 rings (SSSR count). The molecule has 4 aromatic rings. The van der Waals surface area contributed by atoms with E-state index < -0.39 is 0 Å². The predicted octanol–water partition coefficient (Wildman–Crippen LogP) is 8.04. The van der Waals surface area contributed by atoms with Gasteiger partial charge in [0.05, 0.1) is 11.4 Å². The summed E-state index contributed by atoms with van der Waals surface area (Å²) in [6.45, 7) is 3.78. The molecule has 0 heterocycles. The summed E-state index contributed by atoms with van der Waals surface area (Å²) in [5.74, 6) is 0.839. The number of halogens is 2. The van der Waals surface area contributed by atoms with E-state index in [1.807, 2.05) is 62.4 Å². The van der Waals surface area contributed by atoms with E-state index in [1.165, 1.54) is 24.3 Å². The van der Waals surface area contributed by atoms with Gasteiger partial charge in [-0.3, -0.25) is 9.98 Å². The van der Waals surface area contributed by atoms with Crippen molar-refractivity contribution in [1.82, 2.24) is 0 Å². The number of aliphatic imine (C=N–C) groups is 2. The third kappa shape index (κ3) is 5.98. The third-order valence-corrected chi connectivity index (χ3v) is 5.03. The first-order chi connectivity index (χ1) is 16.0. The highest BCUT2D eigenvalue weighted by molar-refractivity contribution is 6.00. The molecule has 3 nitrogen and oxygen atoms in total. The molecular formula is C28H22F2N2O. The molecule has 0 unspecified atom stereocenters. The molecule has 0 amide bonds. The van der Waals surface area contributed by atoms with Gasteiger partial charge in [-0.1, -0.05) is 24.3 Å². The van der Waals surface area contributed by atoms with Crippen LogP contribution in [0, 0.1) is 11.6 Å². The summed E-state index contributed by atoms with van der Waals surface area (Å²) >= 11 is 0. The minimum atomic E-state index is -0.268. The normalized spacial score (nSPS) is 12.0. The van der Waals surface area contributed by atoms with Crippen LogP contribution in [0.1, 0.15) is 25.0 Å². The van der Waals surface area contributed by atoms with Gasteiger partial charge in [-0.05, 0) is 97.8 Å². The first-order valence-corrected chi connectivity index (χ1v) is 10.5. The Kier molecular flexibility index (Phi) is 6.69. The van der Waals surface area contributed by atoms with E-state index in [0.29, 0.717) is 11.5 Å². The van der Waals surface area contributed by atoms with Crippen LogP contribution in [0.15, 0.2) is 107 Å². The number of rotatable bonds is 6. The zero-order chi connectivity index (χ0) is 23.2. The van der Waals surface area contributed by atoms with Gasteiger partial charge in [-0.25, -0.2) is 8.78 Å². The Hall–Kier alpha value is -4.12. The predicted molar refractivity (Wildman–Crippen MR) is 129 cm³/mol. The lowest BCUT2D eigenvalue weighted by Crippen LogP contribution is -1.94. The van der Waals surface area contributed by atoms with Gasteiger partial charge < -0.3 is 4.74 Å². The molecule has 4 aromatic carbocycles. The average Bonchev–Trinajstić information content (AvgIpc) is 2.82. The van der Waals surface area contributed by atoms with E-state index in [9.17, 15) is 8.78 Å². The van der Waals surface area contributed by atoms with Crippen molar-refractivity contribution in [3.05, 3.63) is 120 Å². The van der Waals surface area contributed by atoms with Crippen LogP contribution in [0.2, 0.25) is 0 Å². The monoisotopic (exact) mass is 440 g/mol. The van der Waals surface area contributed by atoms with Crippen LogP contribution in [0.5, 0.6) is 11.5 Å². The van der Waals surface area contributed by atoms with E-state index in [1.54, 1.807) is 24.3 Å². The lowest BCUT2D eigenvalue weighted by atomic mass is 10.1. The average molecular weight is 440 g/mol. The van der Waals surface area contributed by atoms with Crippen molar-refractivity contribution in [3.63, 3.8) is 0 Å². The Bertz CT molecular complexity index is 1170. The van der Waals surface area contributed by atoms with Crippen LogP contribution in [-0.4, -0.2) is 11.4 Å². The first-order valence-electron chi connectivity index (χ1n) is 10.5. The van der Waals surface area contributed by atoms with Crippen molar-refractivity contribution in [1.29, 1.82) is 0 Å². The molecule has 0 aliphatic heterocycles. The van der Waals surface area contributed by atoms with Crippen molar-refractivity contribution in [3.8, 4) is 11.5 Å². The number of hydrogen-bond acceptors (Lipinski definition) is 3. The second kappa shape index (κ2) is 10.0. The molecule has 0 bridgehead atoms. The van der Waals surface area contributed by atoms with Gasteiger partial charge in [0.1, 0.15) is 23.1 Å². The maximum absolute atomic E-state index is 13.1. The van der Waals surface area contributed by atoms with Gasteiger partial charge in [-0.15, -0.1) is 0 Å².